The molecule has 0 saturated heterocycles. The van der Waals surface area contributed by atoms with E-state index in [4.69, 9.17) is 0 Å². The molecule has 3 aromatic rings. The van der Waals surface area contributed by atoms with Gasteiger partial charge in [0.05, 0.1) is 16.3 Å². The van der Waals surface area contributed by atoms with Crippen LogP contribution in [0.25, 0.3) is 0 Å². The van der Waals surface area contributed by atoms with Gasteiger partial charge in [-0.2, -0.15) is 0 Å². The molecule has 1 heterocycles. The molecule has 0 saturated carbocycles. The molecule has 6 nitrogen and oxygen atoms in total. The van der Waals surface area contributed by atoms with Gasteiger partial charge in [-0.1, -0.05) is 18.2 Å². The van der Waals surface area contributed by atoms with Gasteiger partial charge < -0.3 is 0 Å². The van der Waals surface area contributed by atoms with Gasteiger partial charge in [0.15, 0.2) is 5.13 Å². The summed E-state index contributed by atoms with van der Waals surface area (Å²) in [6.07, 6.45) is 0.486. The molecule has 0 unspecified atom stereocenters. The molecule has 9 heteroatoms. The van der Waals surface area contributed by atoms with Crippen LogP contribution in [0.1, 0.15) is 18.5 Å². The number of carbonyl (C=O) groups is 1. The molecule has 3 rings (SSSR count). The summed E-state index contributed by atoms with van der Waals surface area (Å²) in [5.41, 5.74) is 1.54. The zero-order valence-corrected chi connectivity index (χ0v) is 18.3. The molecule has 0 bridgehead atoms. The molecule has 0 radical (unpaired) electrons. The Morgan fingerprint density at radius 3 is 2.37 bits per heavy atom. The van der Waals surface area contributed by atoms with Crippen LogP contribution in [-0.4, -0.2) is 37.2 Å². The van der Waals surface area contributed by atoms with Gasteiger partial charge in [0.25, 0.3) is 0 Å². The summed E-state index contributed by atoms with van der Waals surface area (Å²) in [6.45, 7) is 2.02. The lowest BCUT2D eigenvalue weighted by atomic mass is 10.2. The fraction of sp³-hybridized carbons (Fsp3) is 0.238. The van der Waals surface area contributed by atoms with Crippen LogP contribution in [0.4, 0.5) is 15.2 Å². The Bertz CT molecular complexity index is 1100. The summed E-state index contributed by atoms with van der Waals surface area (Å²) in [5, 5.41) is 2.46. The second-order valence-corrected chi connectivity index (χ2v) is 9.60. The minimum atomic E-state index is -3.74. The fourth-order valence-corrected chi connectivity index (χ4v) is 4.90. The van der Waals surface area contributed by atoms with Gasteiger partial charge in [0.2, 0.25) is 15.9 Å². The van der Waals surface area contributed by atoms with Crippen molar-refractivity contribution in [1.29, 1.82) is 0 Å². The van der Waals surface area contributed by atoms with Gasteiger partial charge in [-0.25, -0.2) is 22.1 Å². The molecular formula is C21H22FN3O3S2. The van der Waals surface area contributed by atoms with Crippen molar-refractivity contribution in [3.63, 3.8) is 0 Å². The Morgan fingerprint density at radius 2 is 1.77 bits per heavy atom. The number of aryl methyl sites for hydroxylation is 1. The summed E-state index contributed by atoms with van der Waals surface area (Å²) >= 11 is 1.38. The number of hydrogen-bond donors (Lipinski definition) is 0. The number of carbonyl (C=O) groups excluding carboxylic acids is 1. The topological polar surface area (TPSA) is 70.6 Å². The van der Waals surface area contributed by atoms with Crippen LogP contribution in [0.15, 0.2) is 64.9 Å². The lowest BCUT2D eigenvalue weighted by molar-refractivity contribution is -0.118. The number of nitrogens with zero attached hydrogens (tertiary/aromatic N) is 3. The third-order valence-electron chi connectivity index (χ3n) is 4.45. The maximum Gasteiger partial charge on any atom is 0.242 e. The second-order valence-electron chi connectivity index (χ2n) is 6.72. The SMILES string of the molecule is Cc1csc(N(C(=O)CCCN(C)S(=O)(=O)c2ccc(F)cc2)c2ccccc2)n1. The Labute approximate surface area is 179 Å². The van der Waals surface area contributed by atoms with E-state index >= 15 is 0 Å². The minimum Gasteiger partial charge on any atom is -0.274 e. The molecule has 1 aromatic heterocycles. The number of aromatic nitrogens is 1. The Kier molecular flexibility index (Phi) is 6.96. The molecule has 2 aromatic carbocycles. The predicted molar refractivity (Wildman–Crippen MR) is 116 cm³/mol. The lowest BCUT2D eigenvalue weighted by Crippen LogP contribution is -2.30. The van der Waals surface area contributed by atoms with Crippen LogP contribution in [0.2, 0.25) is 0 Å². The van der Waals surface area contributed by atoms with Gasteiger partial charge in [0.1, 0.15) is 5.82 Å². The average Bonchev–Trinajstić information content (AvgIpc) is 3.15. The molecule has 0 aliphatic heterocycles. The van der Waals surface area contributed by atoms with Crippen LogP contribution < -0.4 is 4.90 Å². The van der Waals surface area contributed by atoms with Crippen LogP contribution in [0, 0.1) is 12.7 Å². The van der Waals surface area contributed by atoms with E-state index in [-0.39, 0.29) is 23.8 Å². The fourth-order valence-electron chi connectivity index (χ4n) is 2.85. The first-order chi connectivity index (χ1) is 14.3. The van der Waals surface area contributed by atoms with Crippen LogP contribution in [0.3, 0.4) is 0 Å². The zero-order valence-electron chi connectivity index (χ0n) is 16.7. The van der Waals surface area contributed by atoms with Gasteiger partial charge in [-0.3, -0.25) is 9.69 Å². The summed E-state index contributed by atoms with van der Waals surface area (Å²) in [5.74, 6) is -0.663. The number of thiazole rings is 1. The smallest absolute Gasteiger partial charge is 0.242 e. The van der Waals surface area contributed by atoms with E-state index in [0.717, 1.165) is 17.8 Å². The number of benzene rings is 2. The Hall–Kier alpha value is -2.62. The van der Waals surface area contributed by atoms with Crippen LogP contribution in [-0.2, 0) is 14.8 Å². The Balaban J connectivity index is 1.67. The molecule has 30 heavy (non-hydrogen) atoms. The van der Waals surface area contributed by atoms with E-state index in [1.165, 1.54) is 34.8 Å². The quantitative estimate of drug-likeness (QED) is 0.515. The highest BCUT2D eigenvalue weighted by atomic mass is 32.2. The standard InChI is InChI=1S/C21H22FN3O3S2/c1-16-15-29-21(23-16)25(18-7-4-3-5-8-18)20(26)9-6-14-24(2)30(27,28)19-12-10-17(22)11-13-19/h3-5,7-8,10-13,15H,6,9,14H2,1-2H3. The van der Waals surface area contributed by atoms with Gasteiger partial charge in [-0.05, 0) is 49.7 Å². The van der Waals surface area contributed by atoms with Gasteiger partial charge in [-0.15, -0.1) is 11.3 Å². The summed E-state index contributed by atoms with van der Waals surface area (Å²) in [4.78, 5) is 19.0. The molecule has 158 valence electrons. The molecule has 0 spiro atoms. The average molecular weight is 448 g/mol. The number of rotatable bonds is 8. The van der Waals surface area contributed by atoms with E-state index < -0.39 is 15.8 Å². The number of hydrogen-bond acceptors (Lipinski definition) is 5. The van der Waals surface area contributed by atoms with E-state index in [9.17, 15) is 17.6 Å². The maximum atomic E-state index is 13.1. The van der Waals surface area contributed by atoms with Gasteiger partial charge in [0, 0.05) is 25.4 Å². The van der Waals surface area contributed by atoms with Crippen molar-refractivity contribution in [1.82, 2.24) is 9.29 Å². The van der Waals surface area contributed by atoms with E-state index in [0.29, 0.717) is 17.2 Å². The molecular weight excluding hydrogens is 425 g/mol. The number of sulfonamides is 1. The summed E-state index contributed by atoms with van der Waals surface area (Å²) < 4.78 is 39.4. The largest absolute Gasteiger partial charge is 0.274 e. The van der Waals surface area contributed by atoms with Crippen molar-refractivity contribution < 1.29 is 17.6 Å². The molecule has 0 atom stereocenters. The molecule has 0 aliphatic rings. The number of amides is 1. The van der Waals surface area contributed by atoms with Crippen molar-refractivity contribution in [2.45, 2.75) is 24.7 Å². The van der Waals surface area contributed by atoms with Crippen molar-refractivity contribution in [3.05, 3.63) is 71.5 Å². The lowest BCUT2D eigenvalue weighted by Gasteiger charge is -2.21. The molecule has 0 fully saturated rings. The van der Waals surface area contributed by atoms with Crippen LogP contribution >= 0.6 is 11.3 Å². The maximum absolute atomic E-state index is 13.1. The van der Waals surface area contributed by atoms with Crippen molar-refractivity contribution in [3.8, 4) is 0 Å². The highest BCUT2D eigenvalue weighted by Gasteiger charge is 2.23. The second kappa shape index (κ2) is 9.46. The predicted octanol–water partition coefficient (Wildman–Crippen LogP) is 4.36. The normalized spacial score (nSPS) is 11.6. The van der Waals surface area contributed by atoms with E-state index in [2.05, 4.69) is 4.98 Å². The van der Waals surface area contributed by atoms with Crippen LogP contribution in [0.5, 0.6) is 0 Å². The Morgan fingerprint density at radius 1 is 1.10 bits per heavy atom. The third kappa shape index (κ3) is 5.10. The monoisotopic (exact) mass is 447 g/mol. The number of para-hydroxylation sites is 1. The first kappa shape index (κ1) is 22.1. The highest BCUT2D eigenvalue weighted by Crippen LogP contribution is 2.29. The van der Waals surface area contributed by atoms with Gasteiger partial charge >= 0.3 is 0 Å². The number of anilines is 2. The molecule has 0 aliphatic carbocycles. The zero-order chi connectivity index (χ0) is 21.7. The third-order valence-corrected chi connectivity index (χ3v) is 7.26. The molecule has 1 amide bonds. The summed E-state index contributed by atoms with van der Waals surface area (Å²) in [7, 11) is -2.30. The summed E-state index contributed by atoms with van der Waals surface area (Å²) in [6, 6.07) is 13.9. The van der Waals surface area contributed by atoms with Crippen molar-refractivity contribution >= 4 is 38.1 Å². The first-order valence-electron chi connectivity index (χ1n) is 9.31. The van der Waals surface area contributed by atoms with Crippen molar-refractivity contribution in [2.24, 2.45) is 0 Å². The highest BCUT2D eigenvalue weighted by molar-refractivity contribution is 7.89. The van der Waals surface area contributed by atoms with E-state index in [1.807, 2.05) is 42.6 Å². The first-order valence-corrected chi connectivity index (χ1v) is 11.6. The minimum absolute atomic E-state index is 0.0156. The molecule has 0 N–H and O–H groups in total. The number of halogens is 1. The van der Waals surface area contributed by atoms with Crippen molar-refractivity contribution in [2.75, 3.05) is 18.5 Å². The van der Waals surface area contributed by atoms with E-state index in [1.54, 1.807) is 4.90 Å².